The Morgan fingerprint density at radius 2 is 2.07 bits per heavy atom. The molecule has 140 valence electrons. The Labute approximate surface area is 163 Å². The van der Waals surface area contributed by atoms with Crippen LogP contribution in [0.5, 0.6) is 17.2 Å². The fraction of sp³-hybridized carbons (Fsp3) is 0.286. The first-order valence-electron chi connectivity index (χ1n) is 8.87. The summed E-state index contributed by atoms with van der Waals surface area (Å²) in [5.41, 5.74) is 1.93. The van der Waals surface area contributed by atoms with Crippen molar-refractivity contribution in [3.05, 3.63) is 58.6 Å². The highest BCUT2D eigenvalue weighted by molar-refractivity contribution is 6.32. The average Bonchev–Trinajstić information content (AvgIpc) is 3.36. The van der Waals surface area contributed by atoms with Crippen molar-refractivity contribution in [2.24, 2.45) is 0 Å². The largest absolute Gasteiger partial charge is 0.497 e. The number of halogens is 1. The van der Waals surface area contributed by atoms with E-state index in [0.29, 0.717) is 16.5 Å². The lowest BCUT2D eigenvalue weighted by Gasteiger charge is -2.24. The summed E-state index contributed by atoms with van der Waals surface area (Å²) in [6.07, 6.45) is 5.31. The van der Waals surface area contributed by atoms with Gasteiger partial charge in [0.2, 0.25) is 12.7 Å². The molecule has 1 atom stereocenters. The summed E-state index contributed by atoms with van der Waals surface area (Å²) in [7, 11) is 1.65. The third-order valence-electron chi connectivity index (χ3n) is 4.90. The number of hydrogen-bond acceptors (Lipinski definition) is 4. The Kier molecular flexibility index (Phi) is 4.94. The molecule has 0 N–H and O–H groups in total. The van der Waals surface area contributed by atoms with Crippen LogP contribution in [0.2, 0.25) is 5.02 Å². The molecule has 4 rings (SSSR count). The lowest BCUT2D eigenvalue weighted by Crippen LogP contribution is -2.28. The van der Waals surface area contributed by atoms with Crippen molar-refractivity contribution >= 4 is 23.6 Å². The van der Waals surface area contributed by atoms with Gasteiger partial charge in [-0.1, -0.05) is 23.7 Å². The van der Waals surface area contributed by atoms with Gasteiger partial charge in [0.15, 0.2) is 11.5 Å². The number of hydrogen-bond donors (Lipinski definition) is 0. The van der Waals surface area contributed by atoms with Crippen molar-refractivity contribution in [2.75, 3.05) is 20.4 Å². The molecule has 2 aliphatic heterocycles. The van der Waals surface area contributed by atoms with Crippen LogP contribution in [-0.4, -0.2) is 31.3 Å². The van der Waals surface area contributed by atoms with Gasteiger partial charge in [0.1, 0.15) is 5.75 Å². The van der Waals surface area contributed by atoms with E-state index in [9.17, 15) is 4.79 Å². The molecule has 2 heterocycles. The van der Waals surface area contributed by atoms with Crippen LogP contribution in [0.4, 0.5) is 0 Å². The summed E-state index contributed by atoms with van der Waals surface area (Å²) in [6, 6.07) is 11.6. The molecule has 2 aliphatic rings. The van der Waals surface area contributed by atoms with Crippen LogP contribution in [0.1, 0.15) is 30.0 Å². The first kappa shape index (κ1) is 17.7. The minimum atomic E-state index is -0.0119. The van der Waals surface area contributed by atoms with Gasteiger partial charge >= 0.3 is 0 Å². The fourth-order valence-corrected chi connectivity index (χ4v) is 3.82. The SMILES string of the molecule is COc1ccc([C@H]2CCCN2C(=O)/C=C/c2cc(Cl)c3c(c2)OCO3)cc1. The molecule has 2 aromatic carbocycles. The van der Waals surface area contributed by atoms with Crippen molar-refractivity contribution in [2.45, 2.75) is 18.9 Å². The second-order valence-corrected chi connectivity index (χ2v) is 6.94. The number of rotatable bonds is 4. The molecule has 6 heteroatoms. The van der Waals surface area contributed by atoms with Crippen molar-refractivity contribution in [1.29, 1.82) is 0 Å². The van der Waals surface area contributed by atoms with Crippen molar-refractivity contribution < 1.29 is 19.0 Å². The summed E-state index contributed by atoms with van der Waals surface area (Å²) in [4.78, 5) is 14.7. The van der Waals surface area contributed by atoms with E-state index in [1.807, 2.05) is 35.2 Å². The van der Waals surface area contributed by atoms with E-state index in [2.05, 4.69) is 0 Å². The predicted molar refractivity (Wildman–Crippen MR) is 103 cm³/mol. The van der Waals surface area contributed by atoms with Gasteiger partial charge < -0.3 is 19.1 Å². The maximum atomic E-state index is 12.8. The lowest BCUT2D eigenvalue weighted by molar-refractivity contribution is -0.126. The molecule has 2 aromatic rings. The predicted octanol–water partition coefficient (Wildman–Crippen LogP) is 4.45. The minimum absolute atomic E-state index is 0.0119. The molecule has 0 radical (unpaired) electrons. The summed E-state index contributed by atoms with van der Waals surface area (Å²) in [6.45, 7) is 0.917. The maximum absolute atomic E-state index is 12.8. The van der Waals surface area contributed by atoms with Crippen molar-refractivity contribution in [3.8, 4) is 17.2 Å². The molecule has 0 aromatic heterocycles. The number of nitrogens with zero attached hydrogens (tertiary/aromatic N) is 1. The third-order valence-corrected chi connectivity index (χ3v) is 5.19. The van der Waals surface area contributed by atoms with Crippen LogP contribution in [-0.2, 0) is 4.79 Å². The average molecular weight is 386 g/mol. The Bertz CT molecular complexity index is 878. The van der Waals surface area contributed by atoms with Crippen molar-refractivity contribution in [3.63, 3.8) is 0 Å². The summed E-state index contributed by atoms with van der Waals surface area (Å²) in [5, 5.41) is 0.481. The van der Waals surface area contributed by atoms with Crippen LogP contribution in [0, 0.1) is 0 Å². The Balaban J connectivity index is 1.50. The van der Waals surface area contributed by atoms with Gasteiger partial charge in [-0.3, -0.25) is 4.79 Å². The van der Waals surface area contributed by atoms with E-state index in [0.717, 1.165) is 36.3 Å². The van der Waals surface area contributed by atoms with Crippen LogP contribution in [0.15, 0.2) is 42.5 Å². The molecule has 0 unspecified atom stereocenters. The lowest BCUT2D eigenvalue weighted by atomic mass is 10.0. The third kappa shape index (κ3) is 3.60. The van der Waals surface area contributed by atoms with Gasteiger partial charge in [0.25, 0.3) is 0 Å². The fourth-order valence-electron chi connectivity index (χ4n) is 3.55. The molecule has 27 heavy (non-hydrogen) atoms. The Morgan fingerprint density at radius 3 is 2.85 bits per heavy atom. The quantitative estimate of drug-likeness (QED) is 0.729. The number of carbonyl (C=O) groups excluding carboxylic acids is 1. The zero-order valence-corrected chi connectivity index (χ0v) is 15.7. The van der Waals surface area contributed by atoms with Crippen LogP contribution in [0.3, 0.4) is 0 Å². The van der Waals surface area contributed by atoms with E-state index >= 15 is 0 Å². The number of carbonyl (C=O) groups is 1. The molecule has 0 spiro atoms. The first-order chi connectivity index (χ1) is 13.2. The normalized spacial score (nSPS) is 18.3. The standard InChI is InChI=1S/C21H20ClNO4/c1-25-16-7-5-15(6-8-16)18-3-2-10-23(18)20(24)9-4-14-11-17(22)21-19(12-14)26-13-27-21/h4-9,11-12,18H,2-3,10,13H2,1H3/b9-4+/t18-/m1/s1. The molecule has 0 bridgehead atoms. The van der Waals surface area contributed by atoms with Crippen LogP contribution < -0.4 is 14.2 Å². The second-order valence-electron chi connectivity index (χ2n) is 6.53. The van der Waals surface area contributed by atoms with E-state index in [1.165, 1.54) is 0 Å². The molecule has 0 saturated carbocycles. The van der Waals surface area contributed by atoms with Gasteiger partial charge in [-0.2, -0.15) is 0 Å². The first-order valence-corrected chi connectivity index (χ1v) is 9.25. The summed E-state index contributed by atoms with van der Waals surface area (Å²) in [5.74, 6) is 1.96. The van der Waals surface area contributed by atoms with Gasteiger partial charge in [-0.05, 0) is 54.3 Å². The van der Waals surface area contributed by atoms with Gasteiger partial charge in [0, 0.05) is 12.6 Å². The van der Waals surface area contributed by atoms with Gasteiger partial charge in [-0.25, -0.2) is 0 Å². The summed E-state index contributed by atoms with van der Waals surface area (Å²) >= 11 is 6.20. The van der Waals surface area contributed by atoms with Gasteiger partial charge in [-0.15, -0.1) is 0 Å². The number of amides is 1. The monoisotopic (exact) mass is 385 g/mol. The number of benzene rings is 2. The van der Waals surface area contributed by atoms with E-state index in [-0.39, 0.29) is 18.7 Å². The van der Waals surface area contributed by atoms with E-state index in [4.69, 9.17) is 25.8 Å². The molecular weight excluding hydrogens is 366 g/mol. The van der Waals surface area contributed by atoms with E-state index in [1.54, 1.807) is 25.3 Å². The minimum Gasteiger partial charge on any atom is -0.497 e. The highest BCUT2D eigenvalue weighted by Gasteiger charge is 2.28. The van der Waals surface area contributed by atoms with Crippen LogP contribution >= 0.6 is 11.6 Å². The molecule has 5 nitrogen and oxygen atoms in total. The number of fused-ring (bicyclic) bond motifs is 1. The molecule has 1 saturated heterocycles. The van der Waals surface area contributed by atoms with Crippen molar-refractivity contribution in [1.82, 2.24) is 4.90 Å². The summed E-state index contributed by atoms with van der Waals surface area (Å²) < 4.78 is 15.9. The smallest absolute Gasteiger partial charge is 0.247 e. The zero-order chi connectivity index (χ0) is 18.8. The Hall–Kier alpha value is -2.66. The maximum Gasteiger partial charge on any atom is 0.247 e. The number of likely N-dealkylation sites (tertiary alicyclic amines) is 1. The zero-order valence-electron chi connectivity index (χ0n) is 15.0. The van der Waals surface area contributed by atoms with E-state index < -0.39 is 0 Å². The molecular formula is C21H20ClNO4. The number of methoxy groups -OCH3 is 1. The van der Waals surface area contributed by atoms with Gasteiger partial charge in [0.05, 0.1) is 18.2 Å². The second kappa shape index (κ2) is 7.53. The Morgan fingerprint density at radius 1 is 1.26 bits per heavy atom. The highest BCUT2D eigenvalue weighted by atomic mass is 35.5. The number of ether oxygens (including phenoxy) is 3. The van der Waals surface area contributed by atoms with Crippen LogP contribution in [0.25, 0.3) is 6.08 Å². The highest BCUT2D eigenvalue weighted by Crippen LogP contribution is 2.40. The molecule has 1 fully saturated rings. The molecule has 0 aliphatic carbocycles. The molecule has 1 amide bonds. The topological polar surface area (TPSA) is 48.0 Å².